The molecule has 0 aromatic heterocycles. The van der Waals surface area contributed by atoms with Crippen LogP contribution in [-0.2, 0) is 0 Å². The molecule has 0 amide bonds. The van der Waals surface area contributed by atoms with Crippen molar-refractivity contribution in [1.29, 1.82) is 0 Å². The highest BCUT2D eigenvalue weighted by Crippen LogP contribution is 2.40. The summed E-state index contributed by atoms with van der Waals surface area (Å²) in [4.78, 5) is 0. The highest BCUT2D eigenvalue weighted by molar-refractivity contribution is 6.17. The summed E-state index contributed by atoms with van der Waals surface area (Å²) in [5, 5.41) is 7.88. The second-order valence-electron chi connectivity index (χ2n) is 6.67. The topological polar surface area (TPSA) is 0 Å². The van der Waals surface area contributed by atoms with Gasteiger partial charge in [-0.1, -0.05) is 84.9 Å². The Bertz CT molecular complexity index is 1240. The van der Waals surface area contributed by atoms with Crippen LogP contribution in [0.25, 0.3) is 43.4 Å². The minimum atomic E-state index is 1.29. The molecule has 0 atom stereocenters. The van der Waals surface area contributed by atoms with E-state index in [9.17, 15) is 0 Å². The molecule has 0 aliphatic heterocycles. The molecule has 0 bridgehead atoms. The lowest BCUT2D eigenvalue weighted by molar-refractivity contribution is 1.54. The normalized spacial score (nSPS) is 11.4. The maximum Gasteiger partial charge on any atom is -0.00179 e. The Morgan fingerprint density at radius 1 is 0.520 bits per heavy atom. The standard InChI is InChI=1S/C25H18/c1-17-8-6-12-20-16-19-10-3-5-14-22(19)25(24(17)20)23-15-7-11-18-9-2-4-13-21(18)23/h2-16H,1H3. The number of fused-ring (bicyclic) bond motifs is 3. The van der Waals surface area contributed by atoms with Gasteiger partial charge in [-0.05, 0) is 62.0 Å². The van der Waals surface area contributed by atoms with Gasteiger partial charge in [-0.2, -0.15) is 0 Å². The molecule has 0 aliphatic carbocycles. The Labute approximate surface area is 147 Å². The first-order valence-electron chi connectivity index (χ1n) is 8.72. The minimum Gasteiger partial charge on any atom is -0.0616 e. The van der Waals surface area contributed by atoms with E-state index in [-0.39, 0.29) is 0 Å². The smallest absolute Gasteiger partial charge is 0.00179 e. The monoisotopic (exact) mass is 318 g/mol. The van der Waals surface area contributed by atoms with Gasteiger partial charge in [0, 0.05) is 0 Å². The summed E-state index contributed by atoms with van der Waals surface area (Å²) in [6.45, 7) is 2.21. The van der Waals surface area contributed by atoms with Crippen LogP contribution in [-0.4, -0.2) is 0 Å². The van der Waals surface area contributed by atoms with Gasteiger partial charge in [-0.3, -0.25) is 0 Å². The quantitative estimate of drug-likeness (QED) is 0.289. The number of rotatable bonds is 1. The largest absolute Gasteiger partial charge is 0.0616 e. The molecule has 0 saturated heterocycles. The minimum absolute atomic E-state index is 1.29. The zero-order valence-electron chi connectivity index (χ0n) is 14.2. The van der Waals surface area contributed by atoms with Gasteiger partial charge in [0.2, 0.25) is 0 Å². The van der Waals surface area contributed by atoms with Crippen LogP contribution in [0.2, 0.25) is 0 Å². The van der Waals surface area contributed by atoms with E-state index in [0.29, 0.717) is 0 Å². The fraction of sp³-hybridized carbons (Fsp3) is 0.0400. The van der Waals surface area contributed by atoms with Crippen LogP contribution in [0.5, 0.6) is 0 Å². The van der Waals surface area contributed by atoms with E-state index in [1.54, 1.807) is 0 Å². The van der Waals surface area contributed by atoms with E-state index in [0.717, 1.165) is 0 Å². The average Bonchev–Trinajstić information content (AvgIpc) is 2.66. The lowest BCUT2D eigenvalue weighted by Gasteiger charge is -2.16. The molecule has 25 heavy (non-hydrogen) atoms. The first-order valence-corrected chi connectivity index (χ1v) is 8.72. The molecular weight excluding hydrogens is 300 g/mol. The number of benzene rings is 5. The maximum absolute atomic E-state index is 2.31. The van der Waals surface area contributed by atoms with Crippen molar-refractivity contribution >= 4 is 32.3 Å². The van der Waals surface area contributed by atoms with E-state index in [4.69, 9.17) is 0 Å². The highest BCUT2D eigenvalue weighted by Gasteiger charge is 2.13. The fourth-order valence-electron chi connectivity index (χ4n) is 4.03. The van der Waals surface area contributed by atoms with Gasteiger partial charge in [-0.15, -0.1) is 0 Å². The molecule has 0 nitrogen and oxygen atoms in total. The summed E-state index contributed by atoms with van der Waals surface area (Å²) in [7, 11) is 0. The second kappa shape index (κ2) is 5.46. The van der Waals surface area contributed by atoms with Crippen molar-refractivity contribution in [3.63, 3.8) is 0 Å². The third kappa shape index (κ3) is 2.15. The Hall–Kier alpha value is -3.12. The van der Waals surface area contributed by atoms with Gasteiger partial charge >= 0.3 is 0 Å². The van der Waals surface area contributed by atoms with Gasteiger partial charge in [-0.25, -0.2) is 0 Å². The van der Waals surface area contributed by atoms with E-state index in [1.807, 2.05) is 0 Å². The molecule has 0 fully saturated rings. The molecule has 0 aliphatic rings. The predicted octanol–water partition coefficient (Wildman–Crippen LogP) is 7.12. The van der Waals surface area contributed by atoms with Crippen molar-refractivity contribution in [1.82, 2.24) is 0 Å². The molecule has 0 heterocycles. The molecule has 0 saturated carbocycles. The molecular formula is C25H18. The second-order valence-corrected chi connectivity index (χ2v) is 6.67. The average molecular weight is 318 g/mol. The molecule has 0 radical (unpaired) electrons. The van der Waals surface area contributed by atoms with Crippen LogP contribution in [0.15, 0.2) is 91.0 Å². The van der Waals surface area contributed by atoms with Gasteiger partial charge in [0.15, 0.2) is 0 Å². The number of aryl methyl sites for hydroxylation is 1. The highest BCUT2D eigenvalue weighted by atomic mass is 14.2. The lowest BCUT2D eigenvalue weighted by Crippen LogP contribution is -1.89. The van der Waals surface area contributed by atoms with Crippen molar-refractivity contribution in [2.45, 2.75) is 6.92 Å². The summed E-state index contributed by atoms with van der Waals surface area (Å²) in [6.07, 6.45) is 0. The lowest BCUT2D eigenvalue weighted by atomic mass is 9.88. The SMILES string of the molecule is Cc1cccc2cc3ccccc3c(-c3cccc4ccccc34)c12. The Morgan fingerprint density at radius 2 is 1.16 bits per heavy atom. The number of hydrogen-bond donors (Lipinski definition) is 0. The van der Waals surface area contributed by atoms with Crippen LogP contribution >= 0.6 is 0 Å². The first kappa shape index (κ1) is 14.2. The molecule has 5 aromatic rings. The molecule has 0 N–H and O–H groups in total. The predicted molar refractivity (Wildman–Crippen MR) is 109 cm³/mol. The summed E-state index contributed by atoms with van der Waals surface area (Å²) in [5.74, 6) is 0. The summed E-state index contributed by atoms with van der Waals surface area (Å²) < 4.78 is 0. The third-order valence-electron chi connectivity index (χ3n) is 5.16. The van der Waals surface area contributed by atoms with E-state index >= 15 is 0 Å². The van der Waals surface area contributed by atoms with Gasteiger partial charge < -0.3 is 0 Å². The van der Waals surface area contributed by atoms with Crippen molar-refractivity contribution in [2.24, 2.45) is 0 Å². The van der Waals surface area contributed by atoms with E-state index < -0.39 is 0 Å². The molecule has 0 heteroatoms. The van der Waals surface area contributed by atoms with Crippen LogP contribution in [0, 0.1) is 6.92 Å². The Balaban J connectivity index is 2.06. The van der Waals surface area contributed by atoms with Gasteiger partial charge in [0.05, 0.1) is 0 Å². The van der Waals surface area contributed by atoms with Crippen molar-refractivity contribution in [2.75, 3.05) is 0 Å². The third-order valence-corrected chi connectivity index (χ3v) is 5.16. The number of hydrogen-bond acceptors (Lipinski definition) is 0. The molecule has 118 valence electrons. The molecule has 5 rings (SSSR count). The summed E-state index contributed by atoms with van der Waals surface area (Å²) >= 11 is 0. The van der Waals surface area contributed by atoms with Crippen LogP contribution in [0.4, 0.5) is 0 Å². The molecule has 0 spiro atoms. The van der Waals surface area contributed by atoms with Gasteiger partial charge in [0.25, 0.3) is 0 Å². The zero-order valence-corrected chi connectivity index (χ0v) is 14.2. The summed E-state index contributed by atoms with van der Waals surface area (Å²) in [6, 6.07) is 32.9. The van der Waals surface area contributed by atoms with Crippen molar-refractivity contribution in [3.8, 4) is 11.1 Å². The van der Waals surface area contributed by atoms with Crippen LogP contribution in [0.1, 0.15) is 5.56 Å². The maximum atomic E-state index is 2.31. The van der Waals surface area contributed by atoms with Crippen LogP contribution < -0.4 is 0 Å². The molecule has 5 aromatic carbocycles. The molecule has 0 unspecified atom stereocenters. The first-order chi connectivity index (χ1) is 12.3. The summed E-state index contributed by atoms with van der Waals surface area (Å²) in [5.41, 5.74) is 3.99. The van der Waals surface area contributed by atoms with E-state index in [1.165, 1.54) is 49.0 Å². The van der Waals surface area contributed by atoms with Crippen molar-refractivity contribution < 1.29 is 0 Å². The Morgan fingerprint density at radius 3 is 2.04 bits per heavy atom. The fourth-order valence-corrected chi connectivity index (χ4v) is 4.03. The van der Waals surface area contributed by atoms with Gasteiger partial charge in [0.1, 0.15) is 0 Å². The van der Waals surface area contributed by atoms with E-state index in [2.05, 4.69) is 97.9 Å². The van der Waals surface area contributed by atoms with Crippen molar-refractivity contribution in [3.05, 3.63) is 96.6 Å². The Kier molecular flexibility index (Phi) is 3.11. The zero-order chi connectivity index (χ0) is 16.8. The van der Waals surface area contributed by atoms with Crippen LogP contribution in [0.3, 0.4) is 0 Å².